The van der Waals surface area contributed by atoms with Crippen molar-refractivity contribution in [2.45, 2.75) is 296 Å². The van der Waals surface area contributed by atoms with Gasteiger partial charge in [-0.2, -0.15) is 0 Å². The molecule has 2 atom stereocenters. The summed E-state index contributed by atoms with van der Waals surface area (Å²) in [7, 11) is 0. The summed E-state index contributed by atoms with van der Waals surface area (Å²) in [6, 6.07) is -0.614. The van der Waals surface area contributed by atoms with Crippen molar-refractivity contribution in [3.63, 3.8) is 0 Å². The van der Waals surface area contributed by atoms with Crippen LogP contribution in [-0.2, 0) is 4.79 Å². The number of aliphatic hydroxyl groups is 2. The molecule has 54 heavy (non-hydrogen) atoms. The highest BCUT2D eigenvalue weighted by Crippen LogP contribution is 2.17. The van der Waals surface area contributed by atoms with E-state index in [1.54, 1.807) is 6.08 Å². The molecule has 0 aromatic carbocycles. The van der Waals surface area contributed by atoms with Crippen molar-refractivity contribution >= 4 is 5.91 Å². The maximum absolute atomic E-state index is 12.3. The van der Waals surface area contributed by atoms with Crippen molar-refractivity contribution in [3.8, 4) is 0 Å². The Labute approximate surface area is 339 Å². The Bertz CT molecular complexity index is 739. The Morgan fingerprint density at radius 1 is 0.426 bits per heavy atom. The van der Waals surface area contributed by atoms with Gasteiger partial charge in [0.15, 0.2) is 0 Å². The van der Waals surface area contributed by atoms with Gasteiger partial charge in [0.25, 0.3) is 0 Å². The molecule has 0 aliphatic carbocycles. The molecule has 0 saturated carbocycles. The van der Waals surface area contributed by atoms with Gasteiger partial charge >= 0.3 is 0 Å². The summed E-state index contributed by atoms with van der Waals surface area (Å²) in [6.07, 6.45) is 59.7. The van der Waals surface area contributed by atoms with Crippen LogP contribution >= 0.6 is 0 Å². The minimum absolute atomic E-state index is 0.0642. The monoisotopic (exact) mass is 762 g/mol. The maximum Gasteiger partial charge on any atom is 0.220 e. The molecule has 0 radical (unpaired) electrons. The van der Waals surface area contributed by atoms with Gasteiger partial charge < -0.3 is 15.5 Å². The summed E-state index contributed by atoms with van der Waals surface area (Å²) in [5, 5.41) is 22.7. The molecule has 322 valence electrons. The molecule has 0 spiro atoms. The van der Waals surface area contributed by atoms with Crippen LogP contribution in [0.5, 0.6) is 0 Å². The molecule has 0 saturated heterocycles. The summed E-state index contributed by atoms with van der Waals surface area (Å²) < 4.78 is 0. The summed E-state index contributed by atoms with van der Waals surface area (Å²) in [5.74, 6) is -0.0642. The number of carbonyl (C=O) groups excluding carboxylic acids is 1. The van der Waals surface area contributed by atoms with Gasteiger partial charge in [0.2, 0.25) is 5.91 Å². The van der Waals surface area contributed by atoms with Gasteiger partial charge in [0, 0.05) is 6.42 Å². The first kappa shape index (κ1) is 53.1. The standard InChI is InChI=1S/C50H99NO3/c1-3-5-7-9-11-12-13-14-15-16-17-18-19-20-21-22-23-24-25-26-27-28-29-30-31-32-33-34-35-36-37-38-39-40-42-44-46-50(54)51-48(47-52)49(53)45-43-41-10-8-6-4-2/h43,45,48-49,52-53H,3-42,44,46-47H2,1-2H3,(H,51,54)/b45-43+. The van der Waals surface area contributed by atoms with Gasteiger partial charge in [-0.15, -0.1) is 0 Å². The Kier molecular flexibility index (Phi) is 45.8. The Hall–Kier alpha value is -0.870. The Morgan fingerprint density at radius 2 is 0.685 bits per heavy atom. The summed E-state index contributed by atoms with van der Waals surface area (Å²) in [5.41, 5.74) is 0. The van der Waals surface area contributed by atoms with E-state index < -0.39 is 12.1 Å². The van der Waals surface area contributed by atoms with Gasteiger partial charge in [-0.25, -0.2) is 0 Å². The first-order valence-corrected chi connectivity index (χ1v) is 24.9. The van der Waals surface area contributed by atoms with Crippen LogP contribution < -0.4 is 5.32 Å². The SMILES string of the molecule is CCCCCC/C=C/C(O)C(CO)NC(=O)CCCCCCCCCCCCCCCCCCCCCCCCCCCCCCCCCCCCCC. The lowest BCUT2D eigenvalue weighted by Gasteiger charge is -2.20. The van der Waals surface area contributed by atoms with Crippen LogP contribution in [0.1, 0.15) is 284 Å². The van der Waals surface area contributed by atoms with E-state index in [-0.39, 0.29) is 12.5 Å². The van der Waals surface area contributed by atoms with Gasteiger partial charge in [0.05, 0.1) is 18.8 Å². The number of nitrogens with one attached hydrogen (secondary N) is 1. The third-order valence-electron chi connectivity index (χ3n) is 11.8. The first-order valence-electron chi connectivity index (χ1n) is 24.9. The normalized spacial score (nSPS) is 12.9. The molecule has 0 aromatic heterocycles. The lowest BCUT2D eigenvalue weighted by Crippen LogP contribution is -2.45. The van der Waals surface area contributed by atoms with Crippen LogP contribution in [0.15, 0.2) is 12.2 Å². The zero-order chi connectivity index (χ0) is 39.3. The largest absolute Gasteiger partial charge is 0.394 e. The number of aliphatic hydroxyl groups excluding tert-OH is 2. The molecule has 0 aromatic rings. The molecule has 0 heterocycles. The average molecular weight is 762 g/mol. The summed E-state index contributed by atoms with van der Waals surface area (Å²) in [6.45, 7) is 4.26. The minimum Gasteiger partial charge on any atom is -0.394 e. The average Bonchev–Trinajstić information content (AvgIpc) is 3.18. The van der Waals surface area contributed by atoms with E-state index >= 15 is 0 Å². The third-order valence-corrected chi connectivity index (χ3v) is 11.8. The predicted octanol–water partition coefficient (Wildman–Crippen LogP) is 15.8. The molecule has 1 amide bonds. The van der Waals surface area contributed by atoms with E-state index in [2.05, 4.69) is 19.2 Å². The fourth-order valence-electron chi connectivity index (χ4n) is 7.95. The van der Waals surface area contributed by atoms with Crippen LogP contribution in [0.3, 0.4) is 0 Å². The topological polar surface area (TPSA) is 69.6 Å². The first-order chi connectivity index (χ1) is 26.7. The smallest absolute Gasteiger partial charge is 0.220 e. The van der Waals surface area contributed by atoms with E-state index in [1.165, 1.54) is 238 Å². The Morgan fingerprint density at radius 3 is 0.963 bits per heavy atom. The zero-order valence-electron chi connectivity index (χ0n) is 37.0. The molecule has 0 aliphatic rings. The van der Waals surface area contributed by atoms with E-state index in [9.17, 15) is 15.0 Å². The van der Waals surface area contributed by atoms with E-state index in [0.29, 0.717) is 6.42 Å². The predicted molar refractivity (Wildman–Crippen MR) is 239 cm³/mol. The van der Waals surface area contributed by atoms with Crippen molar-refractivity contribution < 1.29 is 15.0 Å². The summed E-state index contributed by atoms with van der Waals surface area (Å²) in [4.78, 5) is 12.3. The van der Waals surface area contributed by atoms with Gasteiger partial charge in [-0.1, -0.05) is 270 Å². The van der Waals surface area contributed by atoms with Crippen molar-refractivity contribution in [3.05, 3.63) is 12.2 Å². The molecule has 0 rings (SSSR count). The van der Waals surface area contributed by atoms with Gasteiger partial charge in [-0.3, -0.25) is 4.79 Å². The van der Waals surface area contributed by atoms with Crippen LogP contribution in [0.4, 0.5) is 0 Å². The lowest BCUT2D eigenvalue weighted by atomic mass is 10.0. The van der Waals surface area contributed by atoms with Crippen molar-refractivity contribution in [1.82, 2.24) is 5.32 Å². The molecule has 3 N–H and O–H groups in total. The molecular weight excluding hydrogens is 663 g/mol. The lowest BCUT2D eigenvalue weighted by molar-refractivity contribution is -0.123. The number of allylic oxidation sites excluding steroid dienone is 1. The highest BCUT2D eigenvalue weighted by molar-refractivity contribution is 5.76. The second-order valence-corrected chi connectivity index (χ2v) is 17.2. The number of hydrogen-bond acceptors (Lipinski definition) is 3. The fraction of sp³-hybridized carbons (Fsp3) is 0.940. The minimum atomic E-state index is -0.831. The van der Waals surface area contributed by atoms with Crippen molar-refractivity contribution in [1.29, 1.82) is 0 Å². The highest BCUT2D eigenvalue weighted by Gasteiger charge is 2.18. The maximum atomic E-state index is 12.3. The van der Waals surface area contributed by atoms with Crippen LogP contribution in [0.25, 0.3) is 0 Å². The van der Waals surface area contributed by atoms with Crippen LogP contribution in [0.2, 0.25) is 0 Å². The fourth-order valence-corrected chi connectivity index (χ4v) is 7.95. The zero-order valence-corrected chi connectivity index (χ0v) is 37.0. The van der Waals surface area contributed by atoms with Crippen LogP contribution in [0, 0.1) is 0 Å². The van der Waals surface area contributed by atoms with Gasteiger partial charge in [-0.05, 0) is 19.3 Å². The summed E-state index contributed by atoms with van der Waals surface area (Å²) >= 11 is 0. The number of rotatable bonds is 46. The molecule has 4 heteroatoms. The molecule has 0 bridgehead atoms. The van der Waals surface area contributed by atoms with E-state index in [1.807, 2.05) is 6.08 Å². The van der Waals surface area contributed by atoms with Gasteiger partial charge in [0.1, 0.15) is 0 Å². The molecule has 0 fully saturated rings. The Balaban J connectivity index is 3.28. The second kappa shape index (κ2) is 46.5. The highest BCUT2D eigenvalue weighted by atomic mass is 16.3. The third kappa shape index (κ3) is 42.3. The number of unbranched alkanes of at least 4 members (excludes halogenated alkanes) is 39. The molecular formula is C50H99NO3. The number of carbonyl (C=O) groups is 1. The second-order valence-electron chi connectivity index (χ2n) is 17.2. The van der Waals surface area contributed by atoms with Crippen molar-refractivity contribution in [2.24, 2.45) is 0 Å². The van der Waals surface area contributed by atoms with Crippen LogP contribution in [-0.4, -0.2) is 34.9 Å². The molecule has 2 unspecified atom stereocenters. The van der Waals surface area contributed by atoms with E-state index in [0.717, 1.165) is 25.7 Å². The van der Waals surface area contributed by atoms with Crippen molar-refractivity contribution in [2.75, 3.05) is 6.61 Å². The number of hydrogen-bond donors (Lipinski definition) is 3. The number of amides is 1. The quantitative estimate of drug-likeness (QED) is 0.0427. The molecule has 0 aliphatic heterocycles. The molecule has 4 nitrogen and oxygen atoms in total. The van der Waals surface area contributed by atoms with E-state index in [4.69, 9.17) is 0 Å².